The van der Waals surface area contributed by atoms with Crippen molar-refractivity contribution in [3.05, 3.63) is 28.5 Å². The number of nitrogens with one attached hydrogen (secondary N) is 1. The third kappa shape index (κ3) is 2.65. The zero-order chi connectivity index (χ0) is 13.3. The fourth-order valence-electron chi connectivity index (χ4n) is 2.24. The Kier molecular flexibility index (Phi) is 3.59. The maximum atomic E-state index is 5.76. The van der Waals surface area contributed by atoms with Gasteiger partial charge in [0.2, 0.25) is 0 Å². The van der Waals surface area contributed by atoms with E-state index in [9.17, 15) is 0 Å². The zero-order valence-electron chi connectivity index (χ0n) is 11.4. The molecule has 0 fully saturated rings. The number of hydrogen-bond donors (Lipinski definition) is 1. The van der Waals surface area contributed by atoms with E-state index in [-0.39, 0.29) is 5.60 Å². The van der Waals surface area contributed by atoms with E-state index >= 15 is 0 Å². The Labute approximate surface area is 113 Å². The molecule has 0 unspecified atom stereocenters. The van der Waals surface area contributed by atoms with Gasteiger partial charge in [0.05, 0.1) is 23.2 Å². The quantitative estimate of drug-likeness (QED) is 0.851. The summed E-state index contributed by atoms with van der Waals surface area (Å²) in [7, 11) is 0. The molecule has 1 N–H and O–H groups in total. The monoisotopic (exact) mass is 264 g/mol. The fraction of sp³-hybridized carbons (Fsp3) is 0.500. The van der Waals surface area contributed by atoms with Crippen molar-refractivity contribution >= 4 is 23.3 Å². The topological polar surface area (TPSA) is 29.9 Å². The molecule has 4 heteroatoms. The number of fused-ring (bicyclic) bond motifs is 1. The Morgan fingerprint density at radius 1 is 1.39 bits per heavy atom. The van der Waals surface area contributed by atoms with Crippen molar-refractivity contribution < 1.29 is 4.74 Å². The summed E-state index contributed by atoms with van der Waals surface area (Å²) in [4.78, 5) is 3.24. The molecular formula is C14H20N2OS. The van der Waals surface area contributed by atoms with Gasteiger partial charge >= 0.3 is 0 Å². The molecule has 0 bridgehead atoms. The minimum Gasteiger partial charge on any atom is -0.374 e. The number of nitrogens with zero attached hydrogens (tertiary/aromatic N) is 1. The first-order valence-corrected chi connectivity index (χ1v) is 6.67. The molecular weight excluding hydrogens is 244 g/mol. The van der Waals surface area contributed by atoms with Crippen LogP contribution < -0.4 is 0 Å². The average molecular weight is 264 g/mol. The van der Waals surface area contributed by atoms with Gasteiger partial charge in [0, 0.05) is 6.61 Å². The lowest BCUT2D eigenvalue weighted by atomic mass is 10.1. The van der Waals surface area contributed by atoms with Crippen molar-refractivity contribution in [2.75, 3.05) is 6.61 Å². The molecule has 0 spiro atoms. The van der Waals surface area contributed by atoms with Crippen LogP contribution in [0.1, 0.15) is 26.3 Å². The Morgan fingerprint density at radius 3 is 2.78 bits per heavy atom. The van der Waals surface area contributed by atoms with Gasteiger partial charge in [-0.1, -0.05) is 6.07 Å². The smallest absolute Gasteiger partial charge is 0.178 e. The standard InChI is InChI=1S/C14H20N2OS/c1-5-17-14(3,4)9-16-12-8-10(2)6-7-11(12)15-13(16)18/h6-8H,5,9H2,1-4H3,(H,15,18). The lowest BCUT2D eigenvalue weighted by Crippen LogP contribution is -2.30. The van der Waals surface area contributed by atoms with Crippen LogP contribution in [0.2, 0.25) is 0 Å². The molecule has 0 radical (unpaired) electrons. The predicted molar refractivity (Wildman–Crippen MR) is 77.6 cm³/mol. The lowest BCUT2D eigenvalue weighted by molar-refractivity contribution is -0.0219. The van der Waals surface area contributed by atoms with Crippen LogP contribution in [-0.2, 0) is 11.3 Å². The van der Waals surface area contributed by atoms with E-state index in [1.54, 1.807) is 0 Å². The number of imidazole rings is 1. The molecule has 1 aromatic carbocycles. The van der Waals surface area contributed by atoms with Gasteiger partial charge < -0.3 is 14.3 Å². The summed E-state index contributed by atoms with van der Waals surface area (Å²) in [6.07, 6.45) is 0. The number of aromatic amines is 1. The van der Waals surface area contributed by atoms with Gasteiger partial charge in [-0.15, -0.1) is 0 Å². The second-order valence-corrected chi connectivity index (χ2v) is 5.62. The summed E-state index contributed by atoms with van der Waals surface area (Å²) < 4.78 is 8.63. The van der Waals surface area contributed by atoms with E-state index < -0.39 is 0 Å². The second kappa shape index (κ2) is 4.86. The molecule has 3 nitrogen and oxygen atoms in total. The largest absolute Gasteiger partial charge is 0.374 e. The number of benzene rings is 1. The van der Waals surface area contributed by atoms with Crippen LogP contribution in [0.25, 0.3) is 11.0 Å². The highest BCUT2D eigenvalue weighted by Crippen LogP contribution is 2.20. The first kappa shape index (κ1) is 13.3. The van der Waals surface area contributed by atoms with Crippen molar-refractivity contribution in [2.45, 2.75) is 39.8 Å². The molecule has 2 rings (SSSR count). The minimum atomic E-state index is -0.216. The summed E-state index contributed by atoms with van der Waals surface area (Å²) >= 11 is 5.40. The summed E-state index contributed by atoms with van der Waals surface area (Å²) in [6.45, 7) is 9.75. The lowest BCUT2D eigenvalue weighted by Gasteiger charge is -2.25. The SMILES string of the molecule is CCOC(C)(C)Cn1c(=S)[nH]c2ccc(C)cc21. The predicted octanol–water partition coefficient (Wildman–Crippen LogP) is 3.82. The van der Waals surface area contributed by atoms with Crippen LogP contribution in [0, 0.1) is 11.7 Å². The number of H-pyrrole nitrogens is 1. The molecule has 1 heterocycles. The number of rotatable bonds is 4. The van der Waals surface area contributed by atoms with Gasteiger partial charge in [-0.3, -0.25) is 0 Å². The Balaban J connectivity index is 2.47. The third-order valence-corrected chi connectivity index (χ3v) is 3.33. The van der Waals surface area contributed by atoms with E-state index in [4.69, 9.17) is 17.0 Å². The summed E-state index contributed by atoms with van der Waals surface area (Å²) in [6, 6.07) is 6.32. The second-order valence-electron chi connectivity index (χ2n) is 5.23. The first-order valence-electron chi connectivity index (χ1n) is 6.26. The van der Waals surface area contributed by atoms with Gasteiger partial charge in [-0.25, -0.2) is 0 Å². The molecule has 0 aliphatic rings. The van der Waals surface area contributed by atoms with E-state index in [0.717, 1.165) is 22.3 Å². The number of hydrogen-bond acceptors (Lipinski definition) is 2. The molecule has 0 aliphatic heterocycles. The average Bonchev–Trinajstić information content (AvgIpc) is 2.55. The number of ether oxygens (including phenoxy) is 1. The van der Waals surface area contributed by atoms with E-state index in [1.807, 2.05) is 6.92 Å². The van der Waals surface area contributed by atoms with Crippen molar-refractivity contribution in [3.8, 4) is 0 Å². The molecule has 2 aromatic rings. The highest BCUT2D eigenvalue weighted by atomic mass is 32.1. The maximum absolute atomic E-state index is 5.76. The number of aromatic nitrogens is 2. The summed E-state index contributed by atoms with van der Waals surface area (Å²) in [5.41, 5.74) is 3.25. The zero-order valence-corrected chi connectivity index (χ0v) is 12.2. The normalized spacial score (nSPS) is 12.2. The van der Waals surface area contributed by atoms with Crippen LogP contribution in [0.4, 0.5) is 0 Å². The molecule has 18 heavy (non-hydrogen) atoms. The van der Waals surface area contributed by atoms with Crippen molar-refractivity contribution in [1.82, 2.24) is 9.55 Å². The Hall–Kier alpha value is -1.13. The van der Waals surface area contributed by atoms with Gasteiger partial charge in [-0.2, -0.15) is 0 Å². The van der Waals surface area contributed by atoms with Gasteiger partial charge in [0.1, 0.15) is 0 Å². The van der Waals surface area contributed by atoms with Crippen LogP contribution >= 0.6 is 12.2 Å². The van der Waals surface area contributed by atoms with Crippen molar-refractivity contribution in [2.24, 2.45) is 0 Å². The molecule has 0 saturated carbocycles. The molecule has 0 saturated heterocycles. The summed E-state index contributed by atoms with van der Waals surface area (Å²) in [5, 5.41) is 0. The van der Waals surface area contributed by atoms with Gasteiger partial charge in [0.25, 0.3) is 0 Å². The molecule has 0 amide bonds. The highest BCUT2D eigenvalue weighted by molar-refractivity contribution is 7.71. The van der Waals surface area contributed by atoms with Crippen molar-refractivity contribution in [1.29, 1.82) is 0 Å². The minimum absolute atomic E-state index is 0.216. The van der Waals surface area contributed by atoms with Crippen LogP contribution in [-0.4, -0.2) is 21.8 Å². The first-order chi connectivity index (χ1) is 8.43. The molecule has 0 atom stereocenters. The van der Waals surface area contributed by atoms with E-state index in [0.29, 0.717) is 6.61 Å². The molecule has 1 aromatic heterocycles. The molecule has 98 valence electrons. The van der Waals surface area contributed by atoms with Crippen LogP contribution in [0.15, 0.2) is 18.2 Å². The van der Waals surface area contributed by atoms with Crippen molar-refractivity contribution in [3.63, 3.8) is 0 Å². The van der Waals surface area contributed by atoms with E-state index in [1.165, 1.54) is 5.56 Å². The van der Waals surface area contributed by atoms with Gasteiger partial charge in [-0.05, 0) is 57.6 Å². The van der Waals surface area contributed by atoms with E-state index in [2.05, 4.69) is 48.5 Å². The Morgan fingerprint density at radius 2 is 2.11 bits per heavy atom. The third-order valence-electron chi connectivity index (χ3n) is 3.00. The van der Waals surface area contributed by atoms with Crippen LogP contribution in [0.5, 0.6) is 0 Å². The Bertz CT molecular complexity index is 610. The van der Waals surface area contributed by atoms with Gasteiger partial charge in [0.15, 0.2) is 4.77 Å². The molecule has 0 aliphatic carbocycles. The fourth-order valence-corrected chi connectivity index (χ4v) is 2.51. The summed E-state index contributed by atoms with van der Waals surface area (Å²) in [5.74, 6) is 0. The highest BCUT2D eigenvalue weighted by Gasteiger charge is 2.20. The maximum Gasteiger partial charge on any atom is 0.178 e. The number of aryl methyl sites for hydroxylation is 1. The van der Waals surface area contributed by atoms with Crippen LogP contribution in [0.3, 0.4) is 0 Å².